The van der Waals surface area contributed by atoms with Gasteiger partial charge in [0.15, 0.2) is 0 Å². The van der Waals surface area contributed by atoms with Crippen LogP contribution in [-0.4, -0.2) is 11.7 Å². The van der Waals surface area contributed by atoms with Gasteiger partial charge in [-0.05, 0) is 43.9 Å². The Bertz CT molecular complexity index is 388. The molecule has 3 aliphatic rings. The van der Waals surface area contributed by atoms with Crippen LogP contribution in [0, 0.1) is 22.2 Å². The van der Waals surface area contributed by atoms with E-state index < -0.39 is 6.58 Å². The molecule has 1 N–H and O–H groups in total. The van der Waals surface area contributed by atoms with Crippen molar-refractivity contribution in [3.8, 4) is 0 Å². The molecule has 0 aromatic rings. The van der Waals surface area contributed by atoms with E-state index in [1.807, 2.05) is 0 Å². The van der Waals surface area contributed by atoms with Gasteiger partial charge in [0.25, 0.3) is 0 Å². The van der Waals surface area contributed by atoms with E-state index in [2.05, 4.69) is 26.8 Å². The zero-order valence-corrected chi connectivity index (χ0v) is 10.7. The molecule has 1 nitrogen and oxygen atoms in total. The zero-order chi connectivity index (χ0) is 12.5. The highest BCUT2D eigenvalue weighted by molar-refractivity contribution is 5.38. The predicted octanol–water partition coefficient (Wildman–Crippen LogP) is 3.53. The van der Waals surface area contributed by atoms with Gasteiger partial charge < -0.3 is 5.11 Å². The lowest BCUT2D eigenvalue weighted by atomic mass is 9.56. The third-order valence-electron chi connectivity index (χ3n) is 6.39. The van der Waals surface area contributed by atoms with Gasteiger partial charge in [-0.25, -0.2) is 0 Å². The van der Waals surface area contributed by atoms with Crippen LogP contribution in [0.4, 0.5) is 0 Å². The van der Waals surface area contributed by atoms with Crippen molar-refractivity contribution >= 4 is 0 Å². The summed E-state index contributed by atoms with van der Waals surface area (Å²) in [5.74, 6) is 0.724. The first-order chi connectivity index (χ1) is 7.91. The Morgan fingerprint density at radius 2 is 2.25 bits per heavy atom. The Hall–Kier alpha value is -0.300. The highest BCUT2D eigenvalue weighted by Crippen LogP contribution is 2.77. The van der Waals surface area contributed by atoms with Gasteiger partial charge in [0.2, 0.25) is 0 Å². The quantitative estimate of drug-likeness (QED) is 0.672. The molecule has 0 aromatic carbocycles. The highest BCUT2D eigenvalue weighted by Gasteiger charge is 2.70. The minimum atomic E-state index is -0.970. The molecule has 5 atom stereocenters. The van der Waals surface area contributed by atoms with Gasteiger partial charge in [0.1, 0.15) is 0 Å². The Kier molecular flexibility index (Phi) is 1.78. The molecule has 0 aromatic heterocycles. The number of hydrogen-bond donors (Lipinski definition) is 1. The molecule has 0 bridgehead atoms. The van der Waals surface area contributed by atoms with E-state index in [-0.39, 0.29) is 10.8 Å². The van der Waals surface area contributed by atoms with Gasteiger partial charge in [-0.15, -0.1) is 0 Å². The van der Waals surface area contributed by atoms with Crippen LogP contribution in [-0.2, 0) is 0 Å². The third-order valence-corrected chi connectivity index (χ3v) is 6.39. The van der Waals surface area contributed by atoms with Crippen molar-refractivity contribution in [3.05, 3.63) is 11.6 Å². The first kappa shape index (κ1) is 9.70. The molecule has 3 aliphatic carbocycles. The molecule has 3 rings (SSSR count). The summed E-state index contributed by atoms with van der Waals surface area (Å²) >= 11 is 0. The molecule has 0 saturated heterocycles. The monoisotopic (exact) mass is 221 g/mol. The van der Waals surface area contributed by atoms with Crippen molar-refractivity contribution in [1.29, 1.82) is 0 Å². The Morgan fingerprint density at radius 3 is 2.94 bits per heavy atom. The molecule has 2 saturated carbocycles. The van der Waals surface area contributed by atoms with Crippen molar-refractivity contribution in [2.75, 3.05) is 6.58 Å². The summed E-state index contributed by atoms with van der Waals surface area (Å²) in [6.07, 6.45) is 8.48. The summed E-state index contributed by atoms with van der Waals surface area (Å²) in [7, 11) is 0. The fourth-order valence-electron chi connectivity index (χ4n) is 5.77. The van der Waals surface area contributed by atoms with E-state index >= 15 is 0 Å². The largest absolute Gasteiger partial charge is 0.395 e. The average Bonchev–Trinajstić information content (AvgIpc) is 2.81. The SMILES string of the molecule is [2H][C@H](O)[C@@]1(C)C=C(C)[C@]23CCC[C@@]21CC[C@H]3C. The highest BCUT2D eigenvalue weighted by atomic mass is 16.3. The minimum Gasteiger partial charge on any atom is -0.395 e. The second-order valence-electron chi connectivity index (χ2n) is 6.59. The van der Waals surface area contributed by atoms with Crippen LogP contribution >= 0.6 is 0 Å². The Morgan fingerprint density at radius 1 is 1.50 bits per heavy atom. The summed E-state index contributed by atoms with van der Waals surface area (Å²) < 4.78 is 7.93. The van der Waals surface area contributed by atoms with Crippen LogP contribution in [0.1, 0.15) is 54.2 Å². The fraction of sp³-hybridized carbons (Fsp3) is 0.867. The lowest BCUT2D eigenvalue weighted by molar-refractivity contribution is -0.00503. The van der Waals surface area contributed by atoms with E-state index in [1.165, 1.54) is 37.7 Å². The molecule has 2 fully saturated rings. The number of allylic oxidation sites excluding steroid dienone is 1. The van der Waals surface area contributed by atoms with E-state index in [1.54, 1.807) is 0 Å². The zero-order valence-electron chi connectivity index (χ0n) is 11.7. The third kappa shape index (κ3) is 0.827. The minimum absolute atomic E-state index is 0.185. The summed E-state index contributed by atoms with van der Waals surface area (Å²) in [6.45, 7) is 5.78. The smallest absolute Gasteiger partial charge is 0.0573 e. The van der Waals surface area contributed by atoms with Crippen molar-refractivity contribution in [2.45, 2.75) is 52.9 Å². The van der Waals surface area contributed by atoms with E-state index in [9.17, 15) is 5.11 Å². The van der Waals surface area contributed by atoms with Crippen molar-refractivity contribution < 1.29 is 6.48 Å². The Labute approximate surface area is 100 Å². The van der Waals surface area contributed by atoms with Crippen molar-refractivity contribution in [3.63, 3.8) is 0 Å². The summed E-state index contributed by atoms with van der Waals surface area (Å²) in [4.78, 5) is 0. The first-order valence-corrected chi connectivity index (χ1v) is 6.71. The van der Waals surface area contributed by atoms with Gasteiger partial charge >= 0.3 is 0 Å². The summed E-state index contributed by atoms with van der Waals surface area (Å²) in [5, 5.41) is 10.0. The standard InChI is InChI=1S/C15H24O/c1-11-5-8-14-6-4-7-15(11,14)12(2)9-13(14,3)10-16/h9,11,16H,4-8,10H2,1-3H3/t11-,13-,14+,15-/m1/s1/i10D/t10-,11+,13+,14-,15+/m0. The molecule has 0 heterocycles. The topological polar surface area (TPSA) is 20.2 Å². The molecule has 16 heavy (non-hydrogen) atoms. The number of hydrogen-bond acceptors (Lipinski definition) is 1. The van der Waals surface area contributed by atoms with Crippen LogP contribution < -0.4 is 0 Å². The molecule has 0 amide bonds. The summed E-state index contributed by atoms with van der Waals surface area (Å²) in [5.41, 5.74) is 1.64. The number of aliphatic hydroxyl groups excluding tert-OH is 1. The molecule has 0 aliphatic heterocycles. The maximum atomic E-state index is 10.0. The lowest BCUT2D eigenvalue weighted by Gasteiger charge is -2.47. The second-order valence-corrected chi connectivity index (χ2v) is 6.59. The van der Waals surface area contributed by atoms with Crippen molar-refractivity contribution in [1.82, 2.24) is 0 Å². The van der Waals surface area contributed by atoms with Gasteiger partial charge in [-0.2, -0.15) is 0 Å². The average molecular weight is 221 g/mol. The molecule has 1 heteroatoms. The van der Waals surface area contributed by atoms with Crippen LogP contribution in [0.25, 0.3) is 0 Å². The Balaban J connectivity index is 2.21. The molecule has 0 spiro atoms. The predicted molar refractivity (Wildman–Crippen MR) is 66.1 cm³/mol. The van der Waals surface area contributed by atoms with E-state index in [0.29, 0.717) is 5.41 Å². The normalized spacial score (nSPS) is 57.9. The van der Waals surface area contributed by atoms with Crippen LogP contribution in [0.15, 0.2) is 11.6 Å². The molecule has 0 unspecified atom stereocenters. The number of aliphatic hydroxyl groups is 1. The number of rotatable bonds is 1. The van der Waals surface area contributed by atoms with Crippen LogP contribution in [0.2, 0.25) is 0 Å². The maximum Gasteiger partial charge on any atom is 0.0573 e. The molecule has 90 valence electrons. The van der Waals surface area contributed by atoms with Gasteiger partial charge in [0.05, 0.1) is 7.95 Å². The van der Waals surface area contributed by atoms with Crippen molar-refractivity contribution in [2.24, 2.45) is 22.2 Å². The van der Waals surface area contributed by atoms with Gasteiger partial charge in [-0.3, -0.25) is 0 Å². The first-order valence-electron chi connectivity index (χ1n) is 7.29. The summed E-state index contributed by atoms with van der Waals surface area (Å²) in [6, 6.07) is 0. The van der Waals surface area contributed by atoms with Gasteiger partial charge in [-0.1, -0.05) is 31.9 Å². The van der Waals surface area contributed by atoms with Crippen LogP contribution in [0.3, 0.4) is 0 Å². The molecule has 0 radical (unpaired) electrons. The van der Waals surface area contributed by atoms with E-state index in [0.717, 1.165) is 5.92 Å². The molecular weight excluding hydrogens is 196 g/mol. The van der Waals surface area contributed by atoms with Gasteiger partial charge in [0, 0.05) is 10.8 Å². The van der Waals surface area contributed by atoms with Crippen LogP contribution in [0.5, 0.6) is 0 Å². The fourth-order valence-corrected chi connectivity index (χ4v) is 5.77. The lowest BCUT2D eigenvalue weighted by Crippen LogP contribution is -2.44. The van der Waals surface area contributed by atoms with E-state index in [4.69, 9.17) is 1.37 Å². The molecular formula is C15H24O. The maximum absolute atomic E-state index is 10.0. The second kappa shape index (κ2) is 2.93.